The Labute approximate surface area is 207 Å². The molecule has 0 aliphatic rings. The molecule has 0 bridgehead atoms. The van der Waals surface area contributed by atoms with Crippen molar-refractivity contribution in [2.75, 3.05) is 25.2 Å². The standard InChI is InChI=1S/C23H28N6O3S2/c1-6-12-29-18(13-32-17-10-8-16(7-2)9-11-17)26-27-23(29)33-14-19(30)25-22-24-15(3)20(34-22)21(31)28(4)5/h6,8-11H,1,7,12-14H2,2-5H3,(H,24,25,30). The SMILES string of the molecule is C=CCn1c(COc2ccc(CC)cc2)nnc1SCC(=O)Nc1nc(C)c(C(=O)N(C)C)s1. The van der Waals surface area contributed by atoms with Crippen molar-refractivity contribution < 1.29 is 14.3 Å². The third-order valence-electron chi connectivity index (χ3n) is 4.78. The van der Waals surface area contributed by atoms with Gasteiger partial charge in [-0.15, -0.1) is 16.8 Å². The number of thioether (sulfide) groups is 1. The van der Waals surface area contributed by atoms with Gasteiger partial charge in [-0.25, -0.2) is 4.98 Å². The van der Waals surface area contributed by atoms with Gasteiger partial charge in [-0.3, -0.25) is 14.2 Å². The third-order valence-corrected chi connectivity index (χ3v) is 6.81. The molecule has 11 heteroatoms. The summed E-state index contributed by atoms with van der Waals surface area (Å²) in [5.41, 5.74) is 1.83. The number of rotatable bonds is 11. The summed E-state index contributed by atoms with van der Waals surface area (Å²) in [5.74, 6) is 1.13. The molecule has 3 rings (SSSR count). The lowest BCUT2D eigenvalue weighted by Crippen LogP contribution is -2.21. The number of aryl methyl sites for hydroxylation is 2. The van der Waals surface area contributed by atoms with Crippen LogP contribution in [0.25, 0.3) is 0 Å². The molecule has 0 aliphatic heterocycles. The molecule has 0 saturated heterocycles. The normalized spacial score (nSPS) is 10.7. The van der Waals surface area contributed by atoms with E-state index in [1.54, 1.807) is 27.1 Å². The van der Waals surface area contributed by atoms with Crippen LogP contribution in [0.3, 0.4) is 0 Å². The predicted octanol–water partition coefficient (Wildman–Crippen LogP) is 3.80. The van der Waals surface area contributed by atoms with Crippen LogP contribution in [-0.2, 0) is 24.4 Å². The summed E-state index contributed by atoms with van der Waals surface area (Å²) in [7, 11) is 3.36. The lowest BCUT2D eigenvalue weighted by Gasteiger charge is -2.09. The van der Waals surface area contributed by atoms with Gasteiger partial charge >= 0.3 is 0 Å². The molecule has 0 aliphatic carbocycles. The summed E-state index contributed by atoms with van der Waals surface area (Å²) in [6, 6.07) is 7.94. The molecule has 34 heavy (non-hydrogen) atoms. The van der Waals surface area contributed by atoms with Crippen LogP contribution in [0, 0.1) is 6.92 Å². The largest absolute Gasteiger partial charge is 0.486 e. The van der Waals surface area contributed by atoms with Gasteiger partial charge in [0.05, 0.1) is 11.4 Å². The average molecular weight is 501 g/mol. The first-order chi connectivity index (χ1) is 16.3. The fourth-order valence-electron chi connectivity index (χ4n) is 2.95. The minimum absolute atomic E-state index is 0.115. The molecule has 1 aromatic carbocycles. The monoisotopic (exact) mass is 500 g/mol. The second kappa shape index (κ2) is 11.8. The molecule has 0 spiro atoms. The molecule has 9 nitrogen and oxygen atoms in total. The molecule has 180 valence electrons. The topological polar surface area (TPSA) is 102 Å². The number of ether oxygens (including phenoxy) is 1. The van der Waals surface area contributed by atoms with Crippen molar-refractivity contribution in [3.8, 4) is 5.75 Å². The van der Waals surface area contributed by atoms with Gasteiger partial charge in [-0.05, 0) is 31.0 Å². The minimum atomic E-state index is -0.246. The van der Waals surface area contributed by atoms with E-state index >= 15 is 0 Å². The molecule has 0 unspecified atom stereocenters. The second-order valence-corrected chi connectivity index (χ2v) is 9.50. The Kier molecular flexibility index (Phi) is 8.83. The van der Waals surface area contributed by atoms with Crippen molar-refractivity contribution in [3.05, 3.63) is 58.9 Å². The lowest BCUT2D eigenvalue weighted by atomic mass is 10.2. The molecule has 0 fully saturated rings. The van der Waals surface area contributed by atoms with Crippen LogP contribution in [0.4, 0.5) is 5.13 Å². The Balaban J connectivity index is 1.60. The van der Waals surface area contributed by atoms with Gasteiger partial charge in [0.25, 0.3) is 5.91 Å². The molecular formula is C23H28N6O3S2. The second-order valence-electron chi connectivity index (χ2n) is 7.55. The highest BCUT2D eigenvalue weighted by atomic mass is 32.2. The molecule has 0 saturated carbocycles. The van der Waals surface area contributed by atoms with Gasteiger partial charge in [0, 0.05) is 20.6 Å². The maximum absolute atomic E-state index is 12.5. The first-order valence-corrected chi connectivity index (χ1v) is 12.5. The van der Waals surface area contributed by atoms with Gasteiger partial charge in [-0.2, -0.15) is 0 Å². The van der Waals surface area contributed by atoms with Crippen molar-refractivity contribution in [1.29, 1.82) is 0 Å². The van der Waals surface area contributed by atoms with E-state index in [4.69, 9.17) is 4.74 Å². The van der Waals surface area contributed by atoms with Gasteiger partial charge < -0.3 is 15.0 Å². The fraction of sp³-hybridized carbons (Fsp3) is 0.348. The van der Waals surface area contributed by atoms with E-state index in [0.29, 0.717) is 33.2 Å². The number of nitrogens with zero attached hydrogens (tertiary/aromatic N) is 5. The number of nitrogens with one attached hydrogen (secondary N) is 1. The van der Waals surface area contributed by atoms with Crippen molar-refractivity contribution in [3.63, 3.8) is 0 Å². The van der Waals surface area contributed by atoms with Crippen LogP contribution in [0.15, 0.2) is 42.1 Å². The zero-order valence-electron chi connectivity index (χ0n) is 19.7. The van der Waals surface area contributed by atoms with Crippen molar-refractivity contribution in [2.24, 2.45) is 0 Å². The van der Waals surface area contributed by atoms with Gasteiger partial charge in [0.1, 0.15) is 17.2 Å². The number of hydrogen-bond donors (Lipinski definition) is 1. The summed E-state index contributed by atoms with van der Waals surface area (Å²) < 4.78 is 7.73. The van der Waals surface area contributed by atoms with Crippen molar-refractivity contribution in [2.45, 2.75) is 38.6 Å². The summed E-state index contributed by atoms with van der Waals surface area (Å²) in [4.78, 5) is 31.0. The van der Waals surface area contributed by atoms with Crippen LogP contribution in [0.1, 0.15) is 33.7 Å². The van der Waals surface area contributed by atoms with Gasteiger partial charge in [0.2, 0.25) is 5.91 Å². The average Bonchev–Trinajstić information content (AvgIpc) is 3.38. The Morgan fingerprint density at radius 1 is 1.26 bits per heavy atom. The van der Waals surface area contributed by atoms with E-state index in [1.807, 2.05) is 28.8 Å². The highest BCUT2D eigenvalue weighted by Gasteiger charge is 2.19. The maximum Gasteiger partial charge on any atom is 0.265 e. The Morgan fingerprint density at radius 3 is 2.65 bits per heavy atom. The number of benzene rings is 1. The summed E-state index contributed by atoms with van der Waals surface area (Å²) in [6.45, 7) is 8.39. The zero-order chi connectivity index (χ0) is 24.7. The number of carbonyl (C=O) groups is 2. The molecular weight excluding hydrogens is 472 g/mol. The van der Waals surface area contributed by atoms with Crippen LogP contribution < -0.4 is 10.1 Å². The number of amides is 2. The van der Waals surface area contributed by atoms with Gasteiger partial charge in [0.15, 0.2) is 16.1 Å². The Hall–Kier alpha value is -3.18. The number of carbonyl (C=O) groups excluding carboxylic acids is 2. The van der Waals surface area contributed by atoms with E-state index in [0.717, 1.165) is 23.5 Å². The number of aromatic nitrogens is 4. The van der Waals surface area contributed by atoms with E-state index in [-0.39, 0.29) is 24.2 Å². The van der Waals surface area contributed by atoms with E-state index in [2.05, 4.69) is 34.0 Å². The predicted molar refractivity (Wildman–Crippen MR) is 135 cm³/mol. The molecule has 2 aromatic heterocycles. The lowest BCUT2D eigenvalue weighted by molar-refractivity contribution is -0.113. The highest BCUT2D eigenvalue weighted by Crippen LogP contribution is 2.25. The molecule has 2 amide bonds. The van der Waals surface area contributed by atoms with Crippen LogP contribution in [0.2, 0.25) is 0 Å². The molecule has 1 N–H and O–H groups in total. The molecule has 0 radical (unpaired) electrons. The van der Waals surface area contributed by atoms with Crippen molar-refractivity contribution >= 4 is 40.0 Å². The van der Waals surface area contributed by atoms with Gasteiger partial charge in [-0.1, -0.05) is 48.2 Å². The minimum Gasteiger partial charge on any atom is -0.486 e. The summed E-state index contributed by atoms with van der Waals surface area (Å²) >= 11 is 2.42. The first kappa shape index (κ1) is 25.4. The number of hydrogen-bond acceptors (Lipinski definition) is 8. The van der Waals surface area contributed by atoms with E-state index in [9.17, 15) is 9.59 Å². The number of anilines is 1. The maximum atomic E-state index is 12.5. The Bertz CT molecular complexity index is 1150. The highest BCUT2D eigenvalue weighted by molar-refractivity contribution is 7.99. The zero-order valence-corrected chi connectivity index (χ0v) is 21.3. The first-order valence-electron chi connectivity index (χ1n) is 10.7. The van der Waals surface area contributed by atoms with E-state index < -0.39 is 0 Å². The summed E-state index contributed by atoms with van der Waals surface area (Å²) in [6.07, 6.45) is 2.72. The smallest absolute Gasteiger partial charge is 0.265 e. The van der Waals surface area contributed by atoms with E-state index in [1.165, 1.54) is 22.2 Å². The van der Waals surface area contributed by atoms with Crippen LogP contribution >= 0.6 is 23.1 Å². The fourth-order valence-corrected chi connectivity index (χ4v) is 4.72. The summed E-state index contributed by atoms with van der Waals surface area (Å²) in [5, 5.41) is 12.2. The quantitative estimate of drug-likeness (QED) is 0.316. The van der Waals surface area contributed by atoms with Crippen LogP contribution in [0.5, 0.6) is 5.75 Å². The number of allylic oxidation sites excluding steroid dienone is 1. The van der Waals surface area contributed by atoms with Crippen molar-refractivity contribution in [1.82, 2.24) is 24.6 Å². The molecule has 2 heterocycles. The Morgan fingerprint density at radius 2 is 2.00 bits per heavy atom. The third kappa shape index (κ3) is 6.45. The molecule has 0 atom stereocenters. The number of thiazole rings is 1. The van der Waals surface area contributed by atoms with Crippen LogP contribution in [-0.4, -0.2) is 56.3 Å². The molecule has 3 aromatic rings.